The van der Waals surface area contributed by atoms with Gasteiger partial charge in [-0.1, -0.05) is 28.9 Å². The molecule has 1 amide bonds. The Morgan fingerprint density at radius 1 is 1.43 bits per heavy atom. The van der Waals surface area contributed by atoms with Crippen molar-refractivity contribution in [1.29, 1.82) is 0 Å². The maximum Gasteiger partial charge on any atom is 0.276 e. The molecule has 0 saturated carbocycles. The Kier molecular flexibility index (Phi) is 4.63. The van der Waals surface area contributed by atoms with Gasteiger partial charge in [-0.3, -0.25) is 4.79 Å². The summed E-state index contributed by atoms with van der Waals surface area (Å²) >= 11 is 6.19. The monoisotopic (exact) mass is 334 g/mol. The molecule has 1 aromatic carbocycles. The van der Waals surface area contributed by atoms with Gasteiger partial charge in [0.1, 0.15) is 0 Å². The number of halogens is 1. The topological polar surface area (TPSA) is 71.2 Å². The summed E-state index contributed by atoms with van der Waals surface area (Å²) in [6, 6.07) is 7.31. The van der Waals surface area contributed by atoms with Crippen LogP contribution < -0.4 is 0 Å². The average molecular weight is 335 g/mol. The number of hydrogen-bond acceptors (Lipinski definition) is 4. The van der Waals surface area contributed by atoms with Gasteiger partial charge in [-0.25, -0.2) is 4.68 Å². The Balaban J connectivity index is 1.87. The van der Waals surface area contributed by atoms with Crippen molar-refractivity contribution < 1.29 is 9.90 Å². The summed E-state index contributed by atoms with van der Waals surface area (Å²) in [6.45, 7) is 3.17. The van der Waals surface area contributed by atoms with Crippen LogP contribution in [0, 0.1) is 12.8 Å². The molecular weight excluding hydrogens is 316 g/mol. The largest absolute Gasteiger partial charge is 0.396 e. The number of rotatable bonds is 3. The number of carbonyl (C=O) groups is 1. The van der Waals surface area contributed by atoms with Crippen molar-refractivity contribution in [2.45, 2.75) is 19.8 Å². The zero-order valence-corrected chi connectivity index (χ0v) is 13.7. The van der Waals surface area contributed by atoms with Gasteiger partial charge >= 0.3 is 0 Å². The van der Waals surface area contributed by atoms with Crippen LogP contribution >= 0.6 is 11.6 Å². The number of carbonyl (C=O) groups excluding carboxylic acids is 1. The molecule has 1 saturated heterocycles. The molecule has 1 N–H and O–H groups in total. The fourth-order valence-corrected chi connectivity index (χ4v) is 3.14. The first-order valence-electron chi connectivity index (χ1n) is 7.69. The molecule has 2 heterocycles. The Bertz CT molecular complexity index is 716. The molecule has 0 radical (unpaired) electrons. The molecule has 3 rings (SSSR count). The summed E-state index contributed by atoms with van der Waals surface area (Å²) in [5.74, 6) is 0.00516. The molecule has 0 bridgehead atoms. The zero-order valence-electron chi connectivity index (χ0n) is 12.9. The van der Waals surface area contributed by atoms with Gasteiger partial charge in [-0.2, -0.15) is 0 Å². The molecule has 1 aliphatic heterocycles. The van der Waals surface area contributed by atoms with Crippen LogP contribution in [0.2, 0.25) is 5.02 Å². The summed E-state index contributed by atoms with van der Waals surface area (Å²) in [7, 11) is 0. The van der Waals surface area contributed by atoms with Crippen molar-refractivity contribution in [2.75, 3.05) is 19.7 Å². The number of piperidine rings is 1. The van der Waals surface area contributed by atoms with Gasteiger partial charge in [0.25, 0.3) is 5.91 Å². The number of aliphatic hydroxyl groups is 1. The van der Waals surface area contributed by atoms with Gasteiger partial charge in [0.15, 0.2) is 5.69 Å². The maximum absolute atomic E-state index is 12.7. The van der Waals surface area contributed by atoms with Crippen LogP contribution in [0.15, 0.2) is 24.3 Å². The zero-order chi connectivity index (χ0) is 16.4. The number of nitrogens with zero attached hydrogens (tertiary/aromatic N) is 4. The minimum absolute atomic E-state index is 0.106. The summed E-state index contributed by atoms with van der Waals surface area (Å²) in [5.41, 5.74) is 1.70. The number of benzene rings is 1. The molecule has 1 aromatic heterocycles. The fraction of sp³-hybridized carbons (Fsp3) is 0.438. The smallest absolute Gasteiger partial charge is 0.276 e. The van der Waals surface area contributed by atoms with Gasteiger partial charge < -0.3 is 10.0 Å². The normalized spacial score (nSPS) is 18.2. The van der Waals surface area contributed by atoms with Crippen molar-refractivity contribution in [1.82, 2.24) is 19.9 Å². The van der Waals surface area contributed by atoms with Crippen molar-refractivity contribution in [3.8, 4) is 5.69 Å². The van der Waals surface area contributed by atoms with Crippen molar-refractivity contribution in [3.63, 3.8) is 0 Å². The molecule has 6 nitrogen and oxygen atoms in total. The Hall–Kier alpha value is -1.92. The van der Waals surface area contributed by atoms with Crippen LogP contribution in [-0.2, 0) is 0 Å². The molecule has 0 spiro atoms. The molecule has 1 atom stereocenters. The van der Waals surface area contributed by atoms with E-state index in [0.29, 0.717) is 35.2 Å². The lowest BCUT2D eigenvalue weighted by molar-refractivity contribution is 0.0614. The van der Waals surface area contributed by atoms with E-state index in [9.17, 15) is 9.90 Å². The highest BCUT2D eigenvalue weighted by Gasteiger charge is 2.28. The van der Waals surface area contributed by atoms with Gasteiger partial charge in [0.2, 0.25) is 0 Å². The van der Waals surface area contributed by atoms with E-state index < -0.39 is 0 Å². The average Bonchev–Trinajstić information content (AvgIpc) is 2.96. The lowest BCUT2D eigenvalue weighted by Gasteiger charge is -2.31. The highest BCUT2D eigenvalue weighted by Crippen LogP contribution is 2.23. The van der Waals surface area contributed by atoms with Crippen molar-refractivity contribution in [2.24, 2.45) is 5.92 Å². The molecule has 2 aromatic rings. The third-order valence-electron chi connectivity index (χ3n) is 4.24. The van der Waals surface area contributed by atoms with E-state index in [0.717, 1.165) is 12.8 Å². The van der Waals surface area contributed by atoms with Crippen LogP contribution in [0.4, 0.5) is 0 Å². The van der Waals surface area contributed by atoms with Crippen LogP contribution in [-0.4, -0.2) is 50.6 Å². The molecule has 23 heavy (non-hydrogen) atoms. The second-order valence-electron chi connectivity index (χ2n) is 5.83. The Morgan fingerprint density at radius 3 is 2.96 bits per heavy atom. The van der Waals surface area contributed by atoms with E-state index in [1.54, 1.807) is 15.6 Å². The number of aromatic nitrogens is 3. The predicted octanol–water partition coefficient (Wildman–Crippen LogP) is 2.07. The molecular formula is C16H19ClN4O2. The number of amides is 1. The molecule has 0 aliphatic carbocycles. The van der Waals surface area contributed by atoms with E-state index in [-0.39, 0.29) is 18.4 Å². The summed E-state index contributed by atoms with van der Waals surface area (Å²) in [4.78, 5) is 14.5. The van der Waals surface area contributed by atoms with Gasteiger partial charge in [0.05, 0.1) is 16.4 Å². The summed E-state index contributed by atoms with van der Waals surface area (Å²) in [6.07, 6.45) is 1.85. The van der Waals surface area contributed by atoms with E-state index in [2.05, 4.69) is 10.3 Å². The SMILES string of the molecule is Cc1c(C(=O)N2CCCC(CO)C2)nnn1-c1ccccc1Cl. The van der Waals surface area contributed by atoms with E-state index in [1.807, 2.05) is 25.1 Å². The Morgan fingerprint density at radius 2 is 2.22 bits per heavy atom. The number of likely N-dealkylation sites (tertiary alicyclic amines) is 1. The highest BCUT2D eigenvalue weighted by atomic mass is 35.5. The first kappa shape index (κ1) is 16.0. The second kappa shape index (κ2) is 6.68. The van der Waals surface area contributed by atoms with Crippen LogP contribution in [0.5, 0.6) is 0 Å². The Labute approximate surface area is 139 Å². The first-order chi connectivity index (χ1) is 11.1. The molecule has 1 unspecified atom stereocenters. The number of para-hydroxylation sites is 1. The number of hydrogen-bond donors (Lipinski definition) is 1. The van der Waals surface area contributed by atoms with Gasteiger partial charge in [0, 0.05) is 19.7 Å². The van der Waals surface area contributed by atoms with Crippen LogP contribution in [0.25, 0.3) is 5.69 Å². The van der Waals surface area contributed by atoms with E-state index in [1.165, 1.54) is 0 Å². The first-order valence-corrected chi connectivity index (χ1v) is 8.07. The maximum atomic E-state index is 12.7. The second-order valence-corrected chi connectivity index (χ2v) is 6.24. The summed E-state index contributed by atoms with van der Waals surface area (Å²) in [5, 5.41) is 18.0. The highest BCUT2D eigenvalue weighted by molar-refractivity contribution is 6.32. The predicted molar refractivity (Wildman–Crippen MR) is 86.8 cm³/mol. The van der Waals surface area contributed by atoms with E-state index in [4.69, 9.17) is 11.6 Å². The quantitative estimate of drug-likeness (QED) is 0.932. The lowest BCUT2D eigenvalue weighted by Crippen LogP contribution is -2.41. The molecule has 1 aliphatic rings. The minimum Gasteiger partial charge on any atom is -0.396 e. The van der Waals surface area contributed by atoms with Crippen LogP contribution in [0.1, 0.15) is 29.0 Å². The van der Waals surface area contributed by atoms with E-state index >= 15 is 0 Å². The molecule has 7 heteroatoms. The third-order valence-corrected chi connectivity index (χ3v) is 4.56. The molecule has 1 fully saturated rings. The lowest BCUT2D eigenvalue weighted by atomic mass is 9.99. The minimum atomic E-state index is -0.140. The van der Waals surface area contributed by atoms with Gasteiger partial charge in [-0.15, -0.1) is 5.10 Å². The summed E-state index contributed by atoms with van der Waals surface area (Å²) < 4.78 is 1.59. The fourth-order valence-electron chi connectivity index (χ4n) is 2.93. The molecule has 122 valence electrons. The van der Waals surface area contributed by atoms with Crippen molar-refractivity contribution in [3.05, 3.63) is 40.7 Å². The van der Waals surface area contributed by atoms with Crippen molar-refractivity contribution >= 4 is 17.5 Å². The number of aliphatic hydroxyl groups excluding tert-OH is 1. The third kappa shape index (κ3) is 3.09. The standard InChI is InChI=1S/C16H19ClN4O2/c1-11-15(16(23)20-8-4-5-12(9-20)10-22)18-19-21(11)14-7-3-2-6-13(14)17/h2-3,6-7,12,22H,4-5,8-10H2,1H3. The van der Waals surface area contributed by atoms with Gasteiger partial charge in [-0.05, 0) is 37.8 Å². The van der Waals surface area contributed by atoms with Crippen LogP contribution in [0.3, 0.4) is 0 Å².